The van der Waals surface area contributed by atoms with E-state index in [0.29, 0.717) is 10.8 Å². The van der Waals surface area contributed by atoms with Crippen LogP contribution in [-0.2, 0) is 16.8 Å². The molecule has 0 saturated carbocycles. The number of rotatable bonds is 5. The second-order valence-corrected chi connectivity index (χ2v) is 9.02. The van der Waals surface area contributed by atoms with Gasteiger partial charge in [-0.2, -0.15) is 5.10 Å². The smallest absolute Gasteiger partial charge is 0.267 e. The molecule has 0 aliphatic carbocycles. The molecular formula is C20H22N4O2S2. The van der Waals surface area contributed by atoms with Gasteiger partial charge in [0.1, 0.15) is 6.54 Å². The highest BCUT2D eigenvalue weighted by atomic mass is 32.2. The predicted molar refractivity (Wildman–Crippen MR) is 115 cm³/mol. The zero-order chi connectivity index (χ0) is 20.3. The lowest BCUT2D eigenvalue weighted by Gasteiger charge is -2.14. The number of carbonyl (C=O) groups is 1. The fourth-order valence-corrected chi connectivity index (χ4v) is 3.81. The number of nitrogens with one attached hydrogen (secondary N) is 1. The maximum Gasteiger partial charge on any atom is 0.267 e. The molecule has 6 nitrogen and oxygen atoms in total. The summed E-state index contributed by atoms with van der Waals surface area (Å²) in [6, 6.07) is 11.0. The number of anilines is 1. The van der Waals surface area contributed by atoms with Crippen LogP contribution in [0.3, 0.4) is 0 Å². The van der Waals surface area contributed by atoms with Gasteiger partial charge in [-0.15, -0.1) is 23.1 Å². The predicted octanol–water partition coefficient (Wildman–Crippen LogP) is 4.02. The molecule has 28 heavy (non-hydrogen) atoms. The number of thioether (sulfide) groups is 1. The molecule has 3 rings (SSSR count). The van der Waals surface area contributed by atoms with Crippen molar-refractivity contribution in [2.75, 3.05) is 11.6 Å². The van der Waals surface area contributed by atoms with E-state index in [2.05, 4.69) is 36.2 Å². The van der Waals surface area contributed by atoms with Crippen molar-refractivity contribution < 1.29 is 4.79 Å². The van der Waals surface area contributed by atoms with Crippen LogP contribution in [0.15, 0.2) is 51.5 Å². The van der Waals surface area contributed by atoms with Crippen molar-refractivity contribution in [3.05, 3.63) is 57.8 Å². The fourth-order valence-electron chi connectivity index (χ4n) is 2.45. The Labute approximate surface area is 172 Å². The van der Waals surface area contributed by atoms with E-state index in [9.17, 15) is 9.59 Å². The molecule has 8 heteroatoms. The lowest BCUT2D eigenvalue weighted by molar-refractivity contribution is -0.117. The Morgan fingerprint density at radius 3 is 2.50 bits per heavy atom. The van der Waals surface area contributed by atoms with Gasteiger partial charge < -0.3 is 5.32 Å². The molecule has 2 aromatic heterocycles. The summed E-state index contributed by atoms with van der Waals surface area (Å²) < 4.78 is 1.17. The first kappa shape index (κ1) is 20.3. The van der Waals surface area contributed by atoms with Crippen LogP contribution >= 0.6 is 23.1 Å². The summed E-state index contributed by atoms with van der Waals surface area (Å²) in [5, 5.41) is 9.54. The molecule has 2 heterocycles. The van der Waals surface area contributed by atoms with E-state index in [1.807, 2.05) is 35.9 Å². The minimum absolute atomic E-state index is 0.0852. The Kier molecular flexibility index (Phi) is 6.00. The zero-order valence-corrected chi connectivity index (χ0v) is 17.9. The fraction of sp³-hybridized carbons (Fsp3) is 0.300. The summed E-state index contributed by atoms with van der Waals surface area (Å²) >= 11 is 3.03. The van der Waals surface area contributed by atoms with E-state index >= 15 is 0 Å². The van der Waals surface area contributed by atoms with Gasteiger partial charge in [0.25, 0.3) is 5.56 Å². The van der Waals surface area contributed by atoms with Crippen LogP contribution in [0, 0.1) is 0 Å². The molecule has 0 aliphatic heterocycles. The Balaban J connectivity index is 1.75. The van der Waals surface area contributed by atoms with Gasteiger partial charge in [-0.25, -0.2) is 9.67 Å². The van der Waals surface area contributed by atoms with E-state index in [0.717, 1.165) is 16.2 Å². The van der Waals surface area contributed by atoms with Crippen LogP contribution < -0.4 is 10.9 Å². The SMILES string of the molecule is CSc1ccc(-c2ccc(=O)n(CC(=O)Nc3nc(C(C)(C)C)cs3)n2)cc1. The van der Waals surface area contributed by atoms with Crippen molar-refractivity contribution >= 4 is 34.1 Å². The molecular weight excluding hydrogens is 392 g/mol. The summed E-state index contributed by atoms with van der Waals surface area (Å²) in [5.41, 5.74) is 2.04. The lowest BCUT2D eigenvalue weighted by Crippen LogP contribution is -2.29. The van der Waals surface area contributed by atoms with Gasteiger partial charge in [0.05, 0.1) is 11.4 Å². The number of hydrogen-bond acceptors (Lipinski definition) is 6. The number of aromatic nitrogens is 3. The van der Waals surface area contributed by atoms with Crippen LogP contribution in [0.5, 0.6) is 0 Å². The Bertz CT molecular complexity index is 1030. The Hall–Kier alpha value is -2.45. The first-order chi connectivity index (χ1) is 13.3. The number of thiazole rings is 1. The third kappa shape index (κ3) is 4.88. The molecule has 3 aromatic rings. The number of benzene rings is 1. The van der Waals surface area contributed by atoms with Crippen molar-refractivity contribution in [3.63, 3.8) is 0 Å². The van der Waals surface area contributed by atoms with Gasteiger partial charge in [0, 0.05) is 27.3 Å². The van der Waals surface area contributed by atoms with Crippen molar-refractivity contribution in [2.45, 2.75) is 37.6 Å². The minimum atomic E-state index is -0.334. The summed E-state index contributed by atoms with van der Waals surface area (Å²) in [4.78, 5) is 30.1. The van der Waals surface area contributed by atoms with Gasteiger partial charge in [0.2, 0.25) is 5.91 Å². The Morgan fingerprint density at radius 2 is 1.89 bits per heavy atom. The summed E-state index contributed by atoms with van der Waals surface area (Å²) in [7, 11) is 0. The van der Waals surface area contributed by atoms with Crippen molar-refractivity contribution in [3.8, 4) is 11.3 Å². The molecule has 0 radical (unpaired) electrons. The third-order valence-electron chi connectivity index (χ3n) is 4.06. The maximum absolute atomic E-state index is 12.4. The molecule has 1 aromatic carbocycles. The van der Waals surface area contributed by atoms with E-state index in [4.69, 9.17) is 0 Å². The quantitative estimate of drug-likeness (QED) is 0.638. The minimum Gasteiger partial charge on any atom is -0.300 e. The maximum atomic E-state index is 12.4. The second-order valence-electron chi connectivity index (χ2n) is 7.28. The molecule has 0 aliphatic rings. The summed E-state index contributed by atoms with van der Waals surface area (Å²) in [6.45, 7) is 6.02. The Morgan fingerprint density at radius 1 is 1.18 bits per heavy atom. The molecule has 0 fully saturated rings. The van der Waals surface area contributed by atoms with Gasteiger partial charge in [-0.1, -0.05) is 32.9 Å². The first-order valence-corrected chi connectivity index (χ1v) is 10.8. The third-order valence-corrected chi connectivity index (χ3v) is 5.57. The highest BCUT2D eigenvalue weighted by Gasteiger charge is 2.18. The van der Waals surface area contributed by atoms with Crippen LogP contribution in [0.1, 0.15) is 26.5 Å². The van der Waals surface area contributed by atoms with E-state index < -0.39 is 0 Å². The molecule has 0 saturated heterocycles. The number of nitrogens with zero attached hydrogens (tertiary/aromatic N) is 3. The molecule has 1 N–H and O–H groups in total. The van der Waals surface area contributed by atoms with Gasteiger partial charge in [-0.05, 0) is 24.5 Å². The highest BCUT2D eigenvalue weighted by molar-refractivity contribution is 7.98. The largest absolute Gasteiger partial charge is 0.300 e. The monoisotopic (exact) mass is 414 g/mol. The number of carbonyl (C=O) groups excluding carboxylic acids is 1. The summed E-state index contributed by atoms with van der Waals surface area (Å²) in [5.74, 6) is -0.334. The molecule has 0 atom stereocenters. The lowest BCUT2D eigenvalue weighted by atomic mass is 9.93. The topological polar surface area (TPSA) is 76.9 Å². The van der Waals surface area contributed by atoms with Gasteiger partial charge >= 0.3 is 0 Å². The second kappa shape index (κ2) is 8.28. The van der Waals surface area contributed by atoms with Crippen LogP contribution in [0.25, 0.3) is 11.3 Å². The zero-order valence-electron chi connectivity index (χ0n) is 16.2. The molecule has 146 valence electrons. The van der Waals surface area contributed by atoms with Crippen molar-refractivity contribution in [1.29, 1.82) is 0 Å². The normalized spacial score (nSPS) is 11.4. The average Bonchev–Trinajstić information content (AvgIpc) is 3.12. The average molecular weight is 415 g/mol. The number of amides is 1. The van der Waals surface area contributed by atoms with Gasteiger partial charge in [-0.3, -0.25) is 9.59 Å². The van der Waals surface area contributed by atoms with E-state index in [1.165, 1.54) is 22.1 Å². The molecule has 0 bridgehead atoms. The summed E-state index contributed by atoms with van der Waals surface area (Å²) in [6.07, 6.45) is 2.01. The van der Waals surface area contributed by atoms with E-state index in [-0.39, 0.29) is 23.4 Å². The van der Waals surface area contributed by atoms with Gasteiger partial charge in [0.15, 0.2) is 5.13 Å². The molecule has 0 spiro atoms. The highest BCUT2D eigenvalue weighted by Crippen LogP contribution is 2.26. The first-order valence-electron chi connectivity index (χ1n) is 8.75. The molecule has 1 amide bonds. The molecule has 0 unspecified atom stereocenters. The van der Waals surface area contributed by atoms with E-state index in [1.54, 1.807) is 17.8 Å². The standard InChI is InChI=1S/C20H22N4O2S2/c1-20(2,3)16-12-28-19(21-16)22-17(25)11-24-18(26)10-9-15(23-24)13-5-7-14(27-4)8-6-13/h5-10,12H,11H2,1-4H3,(H,21,22,25). The number of hydrogen-bond donors (Lipinski definition) is 1. The van der Waals surface area contributed by atoms with Crippen LogP contribution in [0.2, 0.25) is 0 Å². The van der Waals surface area contributed by atoms with Crippen LogP contribution in [-0.4, -0.2) is 26.9 Å². The van der Waals surface area contributed by atoms with Crippen LogP contribution in [0.4, 0.5) is 5.13 Å². The van der Waals surface area contributed by atoms with Crippen molar-refractivity contribution in [2.24, 2.45) is 0 Å². The van der Waals surface area contributed by atoms with Crippen molar-refractivity contribution in [1.82, 2.24) is 14.8 Å².